The van der Waals surface area contributed by atoms with Crippen LogP contribution in [0.15, 0.2) is 5.57 Å². The third-order valence-electron chi connectivity index (χ3n) is 25.4. The van der Waals surface area contributed by atoms with Crippen LogP contribution in [0.2, 0.25) is 0 Å². The molecule has 8 aliphatic rings. The highest BCUT2D eigenvalue weighted by Gasteiger charge is 2.85. The summed E-state index contributed by atoms with van der Waals surface area (Å²) in [5.41, 5.74) is 2.07. The molecule has 0 N–H and O–H groups in total. The summed E-state index contributed by atoms with van der Waals surface area (Å²) in [6.07, 6.45) is 0. The minimum Gasteiger partial charge on any atom is -0.230 e. The van der Waals surface area contributed by atoms with E-state index in [0.29, 0.717) is 0 Å². The second kappa shape index (κ2) is 8.91. The number of hydrogen-bond donors (Lipinski definition) is 0. The van der Waals surface area contributed by atoms with Gasteiger partial charge < -0.3 is 0 Å². The van der Waals surface area contributed by atoms with Crippen LogP contribution in [0.4, 0.5) is 0 Å². The molecule has 4 atom stereocenters. The summed E-state index contributed by atoms with van der Waals surface area (Å²) >= 11 is 0. The Hall–Kier alpha value is -7.60. The van der Waals surface area contributed by atoms with Crippen LogP contribution < -0.4 is 0 Å². The van der Waals surface area contributed by atoms with Crippen molar-refractivity contribution >= 4 is 253 Å². The van der Waals surface area contributed by atoms with Crippen LogP contribution in [0, 0.1) is 0 Å². The zero-order valence-electron chi connectivity index (χ0n) is 47.3. The van der Waals surface area contributed by atoms with Gasteiger partial charge >= 0.3 is 0 Å². The highest BCUT2D eigenvalue weighted by atomic mass is 17.2. The Morgan fingerprint density at radius 2 is 0.417 bits per heavy atom. The summed E-state index contributed by atoms with van der Waals surface area (Å²) in [6.45, 7) is 25.5. The molecule has 8 heteroatoms. The summed E-state index contributed by atoms with van der Waals surface area (Å²) in [5.74, 6) is 0. The average Bonchev–Trinajstić information content (AvgIpc) is 1.38. The topological polar surface area (TPSA) is 73.8 Å². The van der Waals surface area contributed by atoms with Crippen molar-refractivity contribution in [2.45, 2.75) is 128 Å². The first-order chi connectivity index (χ1) is 40.3. The SMILES string of the molecule is CC(C)(C)OO[C@@]12C3=C4c5c6c7c8c9c%10c%11c(c1c1c%12c2c2c%13c%14c(c%15c5c5c7c7c8c8c%10c%10c%16c%11c1c1c%11c%12c%13c%12c%13c%14c%14c%15c5c5c7c7c8c%10c8c(c1%16)c(c%11%12)c1c%13c%14c5c7c18)[C@]42OOC(C)(C)C)[C@]9(OOC(C)(C)C)[C@]36OOC(C)(C)C. The van der Waals surface area contributed by atoms with Crippen molar-refractivity contribution in [3.63, 3.8) is 0 Å². The van der Waals surface area contributed by atoms with Gasteiger partial charge in [0.2, 0.25) is 0 Å². The number of benzene rings is 16. The van der Waals surface area contributed by atoms with Gasteiger partial charge in [-0.05, 0) is 336 Å². The van der Waals surface area contributed by atoms with E-state index in [9.17, 15) is 0 Å². The van der Waals surface area contributed by atoms with E-state index in [4.69, 9.17) is 39.1 Å². The lowest BCUT2D eigenvalue weighted by atomic mass is 9.53. The third-order valence-corrected chi connectivity index (χ3v) is 25.4. The van der Waals surface area contributed by atoms with Crippen molar-refractivity contribution in [2.75, 3.05) is 0 Å². The summed E-state index contributed by atoms with van der Waals surface area (Å²) in [5, 5.41) is 65.1. The van der Waals surface area contributed by atoms with E-state index in [0.717, 1.165) is 50.1 Å². The first-order valence-corrected chi connectivity index (χ1v) is 30.8. The number of rotatable bonds is 8. The van der Waals surface area contributed by atoms with Crippen molar-refractivity contribution < 1.29 is 39.1 Å². The molecule has 388 valence electrons. The van der Waals surface area contributed by atoms with Gasteiger partial charge in [-0.15, -0.1) is 0 Å². The molecule has 0 fully saturated rings. The lowest BCUT2D eigenvalue weighted by molar-refractivity contribution is -0.487. The van der Waals surface area contributed by atoms with Gasteiger partial charge in [-0.3, -0.25) is 0 Å². The molecular formula is C76H36O8. The standard InChI is InChI=1S/C76H36O8/c1-69(2,3)77-81-73-60-50-40-35-23-19-14-13-15-17-18-16(13)22-25-20(14)26(23)38-43-37(25)42-30(22)34-28(18)33-32-27(17)31-29-21(15)24(19)36(40)41(29)51(60)55-45(31)46(32)56-57-47(33)48(34)58-54(42)61-52(43)53-44(38)39(35)49(50)59-62(53)76(84-80-72(10,11)12)68(67(59)73)74(64(56)63(55)73,82-78-70(4,5)6)65(57)66(58)75(61,76)83-79-71(7,8)9/h1-12H3/t73-,74-,75+,76-/m1/s1. The molecule has 0 saturated carbocycles. The molecule has 24 aromatic rings. The summed E-state index contributed by atoms with van der Waals surface area (Å²) in [6, 6.07) is 0. The van der Waals surface area contributed by atoms with E-state index in [1.54, 1.807) is 0 Å². The van der Waals surface area contributed by atoms with Crippen molar-refractivity contribution in [1.82, 2.24) is 0 Å². The fraction of sp³-hybridized carbons (Fsp3) is 0.263. The van der Waals surface area contributed by atoms with Crippen LogP contribution in [0.25, 0.3) is 253 Å². The van der Waals surface area contributed by atoms with Gasteiger partial charge in [-0.1, -0.05) is 0 Å². The maximum Gasteiger partial charge on any atom is 0.196 e. The smallest absolute Gasteiger partial charge is 0.196 e. The van der Waals surface area contributed by atoms with E-state index < -0.39 is 44.8 Å². The van der Waals surface area contributed by atoms with Crippen LogP contribution in [-0.2, 0) is 61.5 Å². The van der Waals surface area contributed by atoms with E-state index >= 15 is 0 Å². The van der Waals surface area contributed by atoms with Crippen molar-refractivity contribution in [3.8, 4) is 0 Å². The molecule has 0 unspecified atom stereocenters. The molecule has 0 bridgehead atoms. The van der Waals surface area contributed by atoms with Gasteiger partial charge in [0.05, 0.1) is 22.4 Å². The molecule has 0 aliphatic heterocycles. The average molecular weight is 1080 g/mol. The molecule has 0 amide bonds. The van der Waals surface area contributed by atoms with E-state index in [2.05, 4.69) is 83.1 Å². The Morgan fingerprint density at radius 3 is 0.774 bits per heavy atom. The van der Waals surface area contributed by atoms with Crippen molar-refractivity contribution in [1.29, 1.82) is 0 Å². The molecule has 0 radical (unpaired) electrons. The van der Waals surface area contributed by atoms with Crippen LogP contribution >= 0.6 is 0 Å². The predicted molar refractivity (Wildman–Crippen MR) is 334 cm³/mol. The molecule has 0 aromatic heterocycles. The van der Waals surface area contributed by atoms with Crippen molar-refractivity contribution in [2.24, 2.45) is 0 Å². The molecule has 32 rings (SSSR count). The van der Waals surface area contributed by atoms with Gasteiger partial charge in [0.15, 0.2) is 22.4 Å². The van der Waals surface area contributed by atoms with Crippen LogP contribution in [0.1, 0.15) is 128 Å². The maximum absolute atomic E-state index is 8.35. The minimum atomic E-state index is -1.63. The third kappa shape index (κ3) is 2.44. The van der Waals surface area contributed by atoms with Gasteiger partial charge in [0.25, 0.3) is 0 Å². The molecule has 0 saturated heterocycles. The van der Waals surface area contributed by atoms with Crippen LogP contribution in [0.3, 0.4) is 0 Å². The fourth-order valence-corrected chi connectivity index (χ4v) is 25.0. The summed E-state index contributed by atoms with van der Waals surface area (Å²) < 4.78 is 0. The highest BCUT2D eigenvalue weighted by molar-refractivity contribution is 6.79. The normalized spacial score (nSPS) is 25.4. The van der Waals surface area contributed by atoms with Gasteiger partial charge in [0, 0.05) is 50.1 Å². The molecule has 84 heavy (non-hydrogen) atoms. The Bertz CT molecular complexity index is 7530. The zero-order valence-corrected chi connectivity index (χ0v) is 47.3. The summed E-state index contributed by atoms with van der Waals surface area (Å²) in [4.78, 5) is 62.6. The minimum absolute atomic E-state index is 0.715. The van der Waals surface area contributed by atoms with Crippen molar-refractivity contribution in [3.05, 3.63) is 50.1 Å². The number of hydrogen-bond acceptors (Lipinski definition) is 8. The highest BCUT2D eigenvalue weighted by Crippen LogP contribution is 2.90. The second-order valence-corrected chi connectivity index (χ2v) is 32.8. The second-order valence-electron chi connectivity index (χ2n) is 32.8. The summed E-state index contributed by atoms with van der Waals surface area (Å²) in [7, 11) is 0. The zero-order chi connectivity index (χ0) is 54.0. The van der Waals surface area contributed by atoms with Crippen LogP contribution in [-0.4, -0.2) is 22.4 Å². The van der Waals surface area contributed by atoms with E-state index in [1.165, 1.54) is 253 Å². The Kier molecular flexibility index (Phi) is 4.07. The monoisotopic (exact) mass is 1080 g/mol. The van der Waals surface area contributed by atoms with E-state index in [1.807, 2.05) is 0 Å². The Morgan fingerprint density at radius 1 is 0.190 bits per heavy atom. The molecule has 8 nitrogen and oxygen atoms in total. The first-order valence-electron chi connectivity index (χ1n) is 30.8. The molecule has 0 spiro atoms. The fourth-order valence-electron chi connectivity index (χ4n) is 25.0. The molecule has 0 heterocycles. The van der Waals surface area contributed by atoms with E-state index in [-0.39, 0.29) is 0 Å². The molecule has 24 aromatic carbocycles. The Balaban J connectivity index is 1.08. The first kappa shape index (κ1) is 38.4. The predicted octanol–water partition coefficient (Wildman–Crippen LogP) is 19.5. The van der Waals surface area contributed by atoms with Gasteiger partial charge in [-0.25, -0.2) is 39.1 Å². The van der Waals surface area contributed by atoms with Gasteiger partial charge in [-0.2, -0.15) is 0 Å². The largest absolute Gasteiger partial charge is 0.230 e. The lowest BCUT2D eigenvalue weighted by Crippen LogP contribution is -2.64. The van der Waals surface area contributed by atoms with Crippen LogP contribution in [0.5, 0.6) is 0 Å². The van der Waals surface area contributed by atoms with Gasteiger partial charge in [0.1, 0.15) is 0 Å². The quantitative estimate of drug-likeness (QED) is 0.0847. The molecule has 8 aliphatic carbocycles. The Labute approximate surface area is 468 Å². The maximum atomic E-state index is 8.35. The lowest BCUT2D eigenvalue weighted by Gasteiger charge is -2.58. The molecular weight excluding hydrogens is 1040 g/mol.